The Morgan fingerprint density at radius 3 is 2.43 bits per heavy atom. The van der Waals surface area contributed by atoms with E-state index in [4.69, 9.17) is 11.6 Å². The van der Waals surface area contributed by atoms with E-state index in [9.17, 15) is 13.5 Å². The van der Waals surface area contributed by atoms with Gasteiger partial charge in [0, 0.05) is 4.47 Å². The molecule has 2 aromatic carbocycles. The van der Waals surface area contributed by atoms with Crippen molar-refractivity contribution in [3.63, 3.8) is 0 Å². The molecule has 1 unspecified atom stereocenters. The van der Waals surface area contributed by atoms with Gasteiger partial charge in [0.1, 0.15) is 0 Å². The normalized spacial score (nSPS) is 13.1. The van der Waals surface area contributed by atoms with Gasteiger partial charge in [0.2, 0.25) is 10.0 Å². The first-order valence-corrected chi connectivity index (χ1v) is 8.72. The molecule has 0 aliphatic heterocycles. The minimum absolute atomic E-state index is 0.0770. The zero-order valence-corrected chi connectivity index (χ0v) is 14.0. The fraction of sp³-hybridized carbons (Fsp3) is 0.143. The van der Waals surface area contributed by atoms with Crippen LogP contribution in [0.3, 0.4) is 0 Å². The van der Waals surface area contributed by atoms with Crippen LogP contribution in [0.4, 0.5) is 0 Å². The zero-order chi connectivity index (χ0) is 15.5. The summed E-state index contributed by atoms with van der Waals surface area (Å²) in [6.07, 6.45) is 0. The molecule has 0 radical (unpaired) electrons. The van der Waals surface area contributed by atoms with Gasteiger partial charge in [-0.3, -0.25) is 0 Å². The van der Waals surface area contributed by atoms with Crippen molar-refractivity contribution >= 4 is 37.6 Å². The fourth-order valence-corrected chi connectivity index (χ4v) is 3.68. The molecule has 112 valence electrons. The number of aliphatic hydroxyl groups is 1. The van der Waals surface area contributed by atoms with Crippen LogP contribution in [-0.4, -0.2) is 20.1 Å². The van der Waals surface area contributed by atoms with Gasteiger partial charge in [-0.15, -0.1) is 0 Å². The Labute approximate surface area is 136 Å². The summed E-state index contributed by atoms with van der Waals surface area (Å²) >= 11 is 9.05. The van der Waals surface area contributed by atoms with Crippen molar-refractivity contribution in [1.29, 1.82) is 0 Å². The molecule has 2 aromatic rings. The van der Waals surface area contributed by atoms with Crippen molar-refractivity contribution in [3.8, 4) is 0 Å². The number of hydrogen-bond donors (Lipinski definition) is 2. The van der Waals surface area contributed by atoms with E-state index in [1.165, 1.54) is 18.2 Å². The number of aliphatic hydroxyl groups excluding tert-OH is 1. The number of benzene rings is 2. The van der Waals surface area contributed by atoms with Crippen LogP contribution < -0.4 is 4.72 Å². The molecule has 0 aliphatic rings. The van der Waals surface area contributed by atoms with E-state index in [1.54, 1.807) is 24.3 Å². The van der Waals surface area contributed by atoms with Gasteiger partial charge in [0.05, 0.1) is 22.6 Å². The highest BCUT2D eigenvalue weighted by Crippen LogP contribution is 2.26. The summed E-state index contributed by atoms with van der Waals surface area (Å²) in [4.78, 5) is 0.0770. The van der Waals surface area contributed by atoms with Gasteiger partial charge in [0.25, 0.3) is 0 Å². The molecule has 4 nitrogen and oxygen atoms in total. The van der Waals surface area contributed by atoms with E-state index in [2.05, 4.69) is 20.7 Å². The molecule has 0 fully saturated rings. The fourth-order valence-electron chi connectivity index (χ4n) is 1.80. The minimum atomic E-state index is -3.76. The van der Waals surface area contributed by atoms with Crippen molar-refractivity contribution in [2.45, 2.75) is 10.9 Å². The molecule has 0 heterocycles. The van der Waals surface area contributed by atoms with Gasteiger partial charge in [0.15, 0.2) is 0 Å². The molecular weight excluding hydrogens is 378 g/mol. The Morgan fingerprint density at radius 2 is 1.86 bits per heavy atom. The lowest BCUT2D eigenvalue weighted by atomic mass is 10.1. The summed E-state index contributed by atoms with van der Waals surface area (Å²) in [6, 6.07) is 12.5. The first-order chi connectivity index (χ1) is 9.94. The van der Waals surface area contributed by atoms with E-state index in [0.29, 0.717) is 15.1 Å². The second kappa shape index (κ2) is 6.89. The van der Waals surface area contributed by atoms with Crippen LogP contribution in [0.2, 0.25) is 5.02 Å². The monoisotopic (exact) mass is 389 g/mol. The largest absolute Gasteiger partial charge is 0.394 e. The molecule has 0 aliphatic carbocycles. The second-order valence-electron chi connectivity index (χ2n) is 4.34. The van der Waals surface area contributed by atoms with E-state index in [0.717, 1.165) is 0 Å². The van der Waals surface area contributed by atoms with Gasteiger partial charge < -0.3 is 5.11 Å². The van der Waals surface area contributed by atoms with Crippen LogP contribution in [0.15, 0.2) is 57.9 Å². The number of rotatable bonds is 5. The first-order valence-electron chi connectivity index (χ1n) is 6.07. The molecule has 2 rings (SSSR count). The number of nitrogens with one attached hydrogen (secondary N) is 1. The van der Waals surface area contributed by atoms with Crippen LogP contribution in [0.1, 0.15) is 11.6 Å². The Hall–Kier alpha value is -0.920. The van der Waals surface area contributed by atoms with Crippen LogP contribution in [0.5, 0.6) is 0 Å². The van der Waals surface area contributed by atoms with E-state index in [-0.39, 0.29) is 11.5 Å². The predicted octanol–water partition coefficient (Wildman–Crippen LogP) is 3.11. The van der Waals surface area contributed by atoms with Gasteiger partial charge in [-0.25, -0.2) is 13.1 Å². The maximum Gasteiger partial charge on any atom is 0.241 e. The quantitative estimate of drug-likeness (QED) is 0.824. The zero-order valence-electron chi connectivity index (χ0n) is 10.8. The van der Waals surface area contributed by atoms with Crippen molar-refractivity contribution < 1.29 is 13.5 Å². The molecule has 0 aromatic heterocycles. The number of hydrogen-bond acceptors (Lipinski definition) is 3. The Kier molecular flexibility index (Phi) is 5.40. The Balaban J connectivity index is 2.29. The van der Waals surface area contributed by atoms with Crippen molar-refractivity contribution in [1.82, 2.24) is 4.72 Å². The average molecular weight is 391 g/mol. The van der Waals surface area contributed by atoms with E-state index < -0.39 is 16.1 Å². The molecule has 0 saturated carbocycles. The highest BCUT2D eigenvalue weighted by Gasteiger charge is 2.21. The lowest BCUT2D eigenvalue weighted by Gasteiger charge is -2.17. The first kappa shape index (κ1) is 16.5. The summed E-state index contributed by atoms with van der Waals surface area (Å²) in [6.45, 7) is -0.335. The number of sulfonamides is 1. The topological polar surface area (TPSA) is 66.4 Å². The maximum absolute atomic E-state index is 12.4. The molecule has 1 atom stereocenters. The third-order valence-corrected chi connectivity index (χ3v) is 5.57. The number of halogens is 2. The Morgan fingerprint density at radius 1 is 1.19 bits per heavy atom. The van der Waals surface area contributed by atoms with Crippen LogP contribution >= 0.6 is 27.5 Å². The smallest absolute Gasteiger partial charge is 0.241 e. The molecule has 7 heteroatoms. The molecule has 0 saturated heterocycles. The predicted molar refractivity (Wildman–Crippen MR) is 85.7 cm³/mol. The van der Waals surface area contributed by atoms with Crippen molar-refractivity contribution in [2.24, 2.45) is 0 Å². The molecular formula is C14H13BrClNO3S. The molecule has 0 amide bonds. The third kappa shape index (κ3) is 4.05. The van der Waals surface area contributed by atoms with Crippen LogP contribution in [-0.2, 0) is 10.0 Å². The standard InChI is InChI=1S/C14H13BrClNO3S/c15-12-8-11(6-7-13(12)16)21(19,20)17-14(9-18)10-4-2-1-3-5-10/h1-8,14,17-18H,9H2. The van der Waals surface area contributed by atoms with Gasteiger partial charge >= 0.3 is 0 Å². The van der Waals surface area contributed by atoms with Gasteiger partial charge in [-0.1, -0.05) is 41.9 Å². The summed E-state index contributed by atoms with van der Waals surface area (Å²) in [5.41, 5.74) is 0.691. The molecule has 21 heavy (non-hydrogen) atoms. The lowest BCUT2D eigenvalue weighted by Crippen LogP contribution is -2.30. The average Bonchev–Trinajstić information content (AvgIpc) is 2.48. The van der Waals surface area contributed by atoms with Crippen molar-refractivity contribution in [3.05, 3.63) is 63.6 Å². The third-order valence-electron chi connectivity index (χ3n) is 2.88. The summed E-state index contributed by atoms with van der Waals surface area (Å²) < 4.78 is 27.7. The van der Waals surface area contributed by atoms with Crippen LogP contribution in [0, 0.1) is 0 Å². The Bertz CT molecular complexity index is 722. The van der Waals surface area contributed by atoms with Gasteiger partial charge in [-0.2, -0.15) is 0 Å². The molecule has 0 bridgehead atoms. The summed E-state index contributed by atoms with van der Waals surface area (Å²) in [5.74, 6) is 0. The lowest BCUT2D eigenvalue weighted by molar-refractivity contribution is 0.259. The van der Waals surface area contributed by atoms with E-state index in [1.807, 2.05) is 6.07 Å². The highest BCUT2D eigenvalue weighted by atomic mass is 79.9. The summed E-state index contributed by atoms with van der Waals surface area (Å²) in [7, 11) is -3.76. The molecule has 2 N–H and O–H groups in total. The molecule has 0 spiro atoms. The SMILES string of the molecule is O=S(=O)(NC(CO)c1ccccc1)c1ccc(Cl)c(Br)c1. The van der Waals surface area contributed by atoms with Crippen LogP contribution in [0.25, 0.3) is 0 Å². The highest BCUT2D eigenvalue weighted by molar-refractivity contribution is 9.10. The summed E-state index contributed by atoms with van der Waals surface area (Å²) in [5, 5.41) is 9.86. The van der Waals surface area contributed by atoms with Crippen molar-refractivity contribution in [2.75, 3.05) is 6.61 Å². The van der Waals surface area contributed by atoms with Gasteiger partial charge in [-0.05, 0) is 39.7 Å². The van der Waals surface area contributed by atoms with E-state index >= 15 is 0 Å². The second-order valence-corrected chi connectivity index (χ2v) is 7.32. The minimum Gasteiger partial charge on any atom is -0.394 e. The maximum atomic E-state index is 12.4.